The lowest BCUT2D eigenvalue weighted by Gasteiger charge is -2.23. The first kappa shape index (κ1) is 25.7. The van der Waals surface area contributed by atoms with Crippen molar-refractivity contribution in [3.63, 3.8) is 0 Å². The topological polar surface area (TPSA) is 29.0 Å². The van der Waals surface area contributed by atoms with Gasteiger partial charge in [-0.3, -0.25) is 4.90 Å². The minimum atomic E-state index is 0.849. The standard InChI is InChI=1S/C34H33N3S2/c1-2-3-4-5-6-7-12-29-21-26-22-32-27(24-31(26)38-29)23-30(39-32)25-15-17-28(18-16-25)37(33-13-8-10-19-35-33)34-14-9-11-20-36-34/h8-11,13-24H,2-7,12H2,1H3. The summed E-state index contributed by atoms with van der Waals surface area (Å²) in [6.07, 6.45) is 13.0. The van der Waals surface area contributed by atoms with Gasteiger partial charge in [0.2, 0.25) is 0 Å². The first-order valence-electron chi connectivity index (χ1n) is 14.0. The van der Waals surface area contributed by atoms with Crippen LogP contribution < -0.4 is 4.90 Å². The third-order valence-corrected chi connectivity index (χ3v) is 9.45. The highest BCUT2D eigenvalue weighted by molar-refractivity contribution is 7.23. The van der Waals surface area contributed by atoms with Crippen molar-refractivity contribution in [2.24, 2.45) is 0 Å². The molecular formula is C34H33N3S2. The number of nitrogens with zero attached hydrogens (tertiary/aromatic N) is 3. The summed E-state index contributed by atoms with van der Waals surface area (Å²) in [4.78, 5) is 14.1. The van der Waals surface area contributed by atoms with Crippen molar-refractivity contribution in [2.45, 2.75) is 51.9 Å². The fraction of sp³-hybridized carbons (Fsp3) is 0.235. The van der Waals surface area contributed by atoms with E-state index in [9.17, 15) is 0 Å². The molecule has 0 saturated carbocycles. The second-order valence-corrected chi connectivity index (χ2v) is 12.3. The zero-order valence-corrected chi connectivity index (χ0v) is 24.0. The van der Waals surface area contributed by atoms with Gasteiger partial charge in [-0.15, -0.1) is 22.7 Å². The fourth-order valence-corrected chi connectivity index (χ4v) is 7.34. The minimum Gasteiger partial charge on any atom is -0.279 e. The summed E-state index contributed by atoms with van der Waals surface area (Å²) in [5, 5.41) is 2.72. The van der Waals surface area contributed by atoms with Crippen LogP contribution in [0.1, 0.15) is 50.3 Å². The van der Waals surface area contributed by atoms with E-state index in [0.717, 1.165) is 17.3 Å². The van der Waals surface area contributed by atoms with Crippen LogP contribution >= 0.6 is 22.7 Å². The lowest BCUT2D eigenvalue weighted by molar-refractivity contribution is 0.609. The van der Waals surface area contributed by atoms with Gasteiger partial charge < -0.3 is 0 Å². The number of hydrogen-bond acceptors (Lipinski definition) is 5. The van der Waals surface area contributed by atoms with Crippen LogP contribution in [0.2, 0.25) is 0 Å². The summed E-state index contributed by atoms with van der Waals surface area (Å²) in [6.45, 7) is 2.28. The summed E-state index contributed by atoms with van der Waals surface area (Å²) < 4.78 is 2.76. The van der Waals surface area contributed by atoms with Crippen LogP contribution in [0.4, 0.5) is 17.3 Å². The molecule has 0 aliphatic carbocycles. The van der Waals surface area contributed by atoms with Crippen molar-refractivity contribution in [2.75, 3.05) is 4.90 Å². The fourth-order valence-electron chi connectivity index (χ4n) is 5.10. The van der Waals surface area contributed by atoms with Crippen molar-refractivity contribution in [3.05, 3.63) is 102 Å². The van der Waals surface area contributed by atoms with Gasteiger partial charge in [0, 0.05) is 37.2 Å². The second-order valence-electron chi connectivity index (χ2n) is 10.0. The monoisotopic (exact) mass is 547 g/mol. The summed E-state index contributed by atoms with van der Waals surface area (Å²) in [5.41, 5.74) is 2.27. The summed E-state index contributed by atoms with van der Waals surface area (Å²) in [5.74, 6) is 1.70. The minimum absolute atomic E-state index is 0.849. The van der Waals surface area contributed by atoms with Gasteiger partial charge in [-0.1, -0.05) is 63.3 Å². The van der Waals surface area contributed by atoms with E-state index in [1.54, 1.807) is 0 Å². The first-order valence-corrected chi connectivity index (χ1v) is 15.6. The van der Waals surface area contributed by atoms with Crippen molar-refractivity contribution in [1.82, 2.24) is 9.97 Å². The van der Waals surface area contributed by atoms with Crippen LogP contribution in [-0.2, 0) is 6.42 Å². The van der Waals surface area contributed by atoms with E-state index in [1.165, 1.54) is 80.4 Å². The van der Waals surface area contributed by atoms with Gasteiger partial charge in [-0.25, -0.2) is 9.97 Å². The van der Waals surface area contributed by atoms with E-state index >= 15 is 0 Å². The van der Waals surface area contributed by atoms with Gasteiger partial charge in [-0.05, 0) is 89.8 Å². The molecule has 4 aromatic heterocycles. The Labute approximate surface area is 238 Å². The van der Waals surface area contributed by atoms with E-state index in [4.69, 9.17) is 0 Å². The Morgan fingerprint density at radius 2 is 1.28 bits per heavy atom. The molecule has 0 amide bonds. The molecule has 6 aromatic rings. The molecule has 5 heteroatoms. The van der Waals surface area contributed by atoms with Gasteiger partial charge in [-0.2, -0.15) is 0 Å². The zero-order valence-electron chi connectivity index (χ0n) is 22.3. The highest BCUT2D eigenvalue weighted by atomic mass is 32.1. The van der Waals surface area contributed by atoms with Gasteiger partial charge in [0.15, 0.2) is 0 Å². The number of benzene rings is 2. The highest BCUT2D eigenvalue weighted by Crippen LogP contribution is 2.39. The molecule has 0 fully saturated rings. The maximum Gasteiger partial charge on any atom is 0.138 e. The molecule has 0 radical (unpaired) electrons. The molecule has 4 heterocycles. The Morgan fingerprint density at radius 1 is 0.641 bits per heavy atom. The SMILES string of the molecule is CCCCCCCCc1cc2cc3sc(-c4ccc(N(c5ccccn5)c5ccccn5)cc4)cc3cc2s1. The Kier molecular flexibility index (Phi) is 7.98. The number of pyridine rings is 2. The molecule has 0 saturated heterocycles. The van der Waals surface area contributed by atoms with Crippen LogP contribution in [0.5, 0.6) is 0 Å². The van der Waals surface area contributed by atoms with E-state index in [2.05, 4.69) is 70.3 Å². The Balaban J connectivity index is 1.21. The average Bonchev–Trinajstić information content (AvgIpc) is 3.58. The number of hydrogen-bond donors (Lipinski definition) is 0. The van der Waals surface area contributed by atoms with Gasteiger partial charge >= 0.3 is 0 Å². The number of aromatic nitrogens is 2. The predicted octanol–water partition coefficient (Wildman–Crippen LogP) is 10.9. The molecule has 3 nitrogen and oxygen atoms in total. The molecule has 0 spiro atoms. The number of thiophene rings is 2. The zero-order chi connectivity index (χ0) is 26.4. The lowest BCUT2D eigenvalue weighted by atomic mass is 10.1. The highest BCUT2D eigenvalue weighted by Gasteiger charge is 2.15. The maximum atomic E-state index is 4.59. The first-order chi connectivity index (χ1) is 19.3. The number of fused-ring (bicyclic) bond motifs is 2. The third-order valence-electron chi connectivity index (χ3n) is 7.15. The van der Waals surface area contributed by atoms with E-state index in [0.29, 0.717) is 0 Å². The van der Waals surface area contributed by atoms with Crippen molar-refractivity contribution >= 4 is 60.2 Å². The molecule has 0 atom stereocenters. The second kappa shape index (κ2) is 12.1. The van der Waals surface area contributed by atoms with Gasteiger partial charge in [0.05, 0.1) is 0 Å². The number of anilines is 3. The molecule has 0 unspecified atom stereocenters. The van der Waals surface area contributed by atoms with Crippen LogP contribution in [0.15, 0.2) is 97.3 Å². The van der Waals surface area contributed by atoms with E-state index in [1.807, 2.05) is 71.5 Å². The molecule has 6 rings (SSSR count). The van der Waals surface area contributed by atoms with Crippen LogP contribution in [0.3, 0.4) is 0 Å². The van der Waals surface area contributed by atoms with E-state index in [-0.39, 0.29) is 0 Å². The van der Waals surface area contributed by atoms with E-state index < -0.39 is 0 Å². The Morgan fingerprint density at radius 3 is 1.95 bits per heavy atom. The molecule has 196 valence electrons. The van der Waals surface area contributed by atoms with Gasteiger partial charge in [0.25, 0.3) is 0 Å². The van der Waals surface area contributed by atoms with Crippen molar-refractivity contribution in [1.29, 1.82) is 0 Å². The number of unbranched alkanes of at least 4 members (excludes halogenated alkanes) is 5. The smallest absolute Gasteiger partial charge is 0.138 e. The largest absolute Gasteiger partial charge is 0.279 e. The van der Waals surface area contributed by atoms with Crippen LogP contribution in [0, 0.1) is 0 Å². The van der Waals surface area contributed by atoms with Gasteiger partial charge in [0.1, 0.15) is 11.6 Å². The summed E-state index contributed by atoms with van der Waals surface area (Å²) >= 11 is 3.85. The molecule has 39 heavy (non-hydrogen) atoms. The summed E-state index contributed by atoms with van der Waals surface area (Å²) in [6, 6.07) is 30.2. The average molecular weight is 548 g/mol. The molecule has 0 N–H and O–H groups in total. The lowest BCUT2D eigenvalue weighted by Crippen LogP contribution is -2.12. The van der Waals surface area contributed by atoms with Crippen molar-refractivity contribution in [3.8, 4) is 10.4 Å². The quantitative estimate of drug-likeness (QED) is 0.151. The number of aryl methyl sites for hydroxylation is 1. The predicted molar refractivity (Wildman–Crippen MR) is 170 cm³/mol. The van der Waals surface area contributed by atoms with Crippen LogP contribution in [0.25, 0.3) is 30.6 Å². The molecular weight excluding hydrogens is 515 g/mol. The Hall–Kier alpha value is -3.54. The van der Waals surface area contributed by atoms with Crippen LogP contribution in [-0.4, -0.2) is 9.97 Å². The normalized spacial score (nSPS) is 11.4. The molecule has 0 aliphatic heterocycles. The molecule has 2 aromatic carbocycles. The maximum absolute atomic E-state index is 4.59. The molecule has 0 aliphatic rings. The molecule has 0 bridgehead atoms. The Bertz CT molecular complexity index is 1550. The summed E-state index contributed by atoms with van der Waals surface area (Å²) in [7, 11) is 0. The third kappa shape index (κ3) is 5.90. The van der Waals surface area contributed by atoms with Crippen molar-refractivity contribution < 1.29 is 0 Å². The number of rotatable bonds is 11.